The summed E-state index contributed by atoms with van der Waals surface area (Å²) in [5.41, 5.74) is 0. The largest absolute Gasteiger partial charge is 0.462 e. The van der Waals surface area contributed by atoms with E-state index in [9.17, 15) is 30.0 Å². The molecule has 0 bridgehead atoms. The Hall–Kier alpha value is -3.12. The van der Waals surface area contributed by atoms with Crippen LogP contribution in [0.1, 0.15) is 155 Å². The third-order valence-electron chi connectivity index (χ3n) is 9.76. The van der Waals surface area contributed by atoms with Crippen molar-refractivity contribution in [1.82, 2.24) is 0 Å². The zero-order valence-corrected chi connectivity index (χ0v) is 36.5. The highest BCUT2D eigenvalue weighted by molar-refractivity contribution is 5.70. The number of ether oxygens (including phenoxy) is 4. The Bertz CT molecular complexity index is 1230. The Balaban J connectivity index is 2.38. The molecule has 1 heterocycles. The third kappa shape index (κ3) is 30.5. The van der Waals surface area contributed by atoms with Crippen molar-refractivity contribution in [1.29, 1.82) is 0 Å². The molecule has 1 saturated heterocycles. The fraction of sp³-hybridized carbons (Fsp3) is 0.673. The molecule has 1 fully saturated rings. The Morgan fingerprint density at radius 3 is 1.53 bits per heavy atom. The summed E-state index contributed by atoms with van der Waals surface area (Å²) in [6.45, 7) is 3.21. The standard InChI is InChI=1S/C49H80O10/c1-3-5-7-9-11-13-15-17-19-20-21-22-24-26-28-30-32-34-36-38-45(52)58-42(41-57-49-48(55)47(54)46(53)43(39-50)59-49)40-56-44(51)37-35-33-31-29-27-25-23-18-16-14-12-10-8-6-4-2/h6,8,11-14,17-19,21-23,26,28,42-43,46-50,53-55H,3-5,7,9-10,15-16,20,24-25,27,29-41H2,1-2H3/b8-6+,13-11+,14-12+,19-17+,22-21+,23-18+,28-26+/t42-,43-,46+,47?,48?,49-/m1/s1. The highest BCUT2D eigenvalue weighted by Gasteiger charge is 2.44. The van der Waals surface area contributed by atoms with E-state index in [1.807, 2.05) is 0 Å². The Morgan fingerprint density at radius 2 is 1.00 bits per heavy atom. The third-order valence-corrected chi connectivity index (χ3v) is 9.76. The van der Waals surface area contributed by atoms with Crippen LogP contribution in [0.4, 0.5) is 0 Å². The van der Waals surface area contributed by atoms with Crippen LogP contribution in [0.15, 0.2) is 85.1 Å². The van der Waals surface area contributed by atoms with E-state index in [1.54, 1.807) is 0 Å². The number of allylic oxidation sites excluding steroid dienone is 14. The van der Waals surface area contributed by atoms with E-state index < -0.39 is 55.4 Å². The molecule has 0 aromatic heterocycles. The number of aliphatic hydroxyl groups excluding tert-OH is 4. The predicted molar refractivity (Wildman–Crippen MR) is 237 cm³/mol. The monoisotopic (exact) mass is 829 g/mol. The van der Waals surface area contributed by atoms with Crippen molar-refractivity contribution < 1.29 is 49.0 Å². The van der Waals surface area contributed by atoms with Crippen LogP contribution in [0.2, 0.25) is 0 Å². The number of hydrogen-bond acceptors (Lipinski definition) is 10. The lowest BCUT2D eigenvalue weighted by molar-refractivity contribution is -0.305. The van der Waals surface area contributed by atoms with Gasteiger partial charge in [0.1, 0.15) is 31.0 Å². The molecule has 10 nitrogen and oxygen atoms in total. The molecule has 1 aliphatic rings. The number of carbonyl (C=O) groups is 2. The van der Waals surface area contributed by atoms with E-state index in [1.165, 1.54) is 25.7 Å². The maximum absolute atomic E-state index is 12.8. The molecule has 10 heteroatoms. The normalized spacial score (nSPS) is 20.8. The van der Waals surface area contributed by atoms with Crippen LogP contribution in [0.5, 0.6) is 0 Å². The van der Waals surface area contributed by atoms with E-state index >= 15 is 0 Å². The molecule has 0 aromatic rings. The first kappa shape index (κ1) is 53.9. The molecule has 2 unspecified atom stereocenters. The molecule has 0 spiro atoms. The summed E-state index contributed by atoms with van der Waals surface area (Å²) in [4.78, 5) is 25.3. The summed E-state index contributed by atoms with van der Waals surface area (Å²) in [6, 6.07) is 0. The molecular formula is C49H80O10. The summed E-state index contributed by atoms with van der Waals surface area (Å²) in [5.74, 6) is -0.871. The molecule has 1 aliphatic heterocycles. The lowest BCUT2D eigenvalue weighted by atomic mass is 9.99. The van der Waals surface area contributed by atoms with Crippen molar-refractivity contribution in [3.05, 3.63) is 85.1 Å². The fourth-order valence-electron chi connectivity index (χ4n) is 6.18. The van der Waals surface area contributed by atoms with Crippen LogP contribution >= 0.6 is 0 Å². The number of carbonyl (C=O) groups excluding carboxylic acids is 2. The van der Waals surface area contributed by atoms with Gasteiger partial charge in [-0.2, -0.15) is 0 Å². The molecular weight excluding hydrogens is 749 g/mol. The van der Waals surface area contributed by atoms with Crippen LogP contribution in [0, 0.1) is 0 Å². The minimum absolute atomic E-state index is 0.183. The number of aliphatic hydroxyl groups is 4. The van der Waals surface area contributed by atoms with Crippen LogP contribution in [-0.2, 0) is 28.5 Å². The predicted octanol–water partition coefficient (Wildman–Crippen LogP) is 9.77. The van der Waals surface area contributed by atoms with Gasteiger partial charge in [-0.3, -0.25) is 9.59 Å². The molecule has 6 atom stereocenters. The average Bonchev–Trinajstić information content (AvgIpc) is 3.23. The van der Waals surface area contributed by atoms with Gasteiger partial charge in [0.25, 0.3) is 0 Å². The average molecular weight is 829 g/mol. The van der Waals surface area contributed by atoms with E-state index in [4.69, 9.17) is 18.9 Å². The second-order valence-corrected chi connectivity index (χ2v) is 15.1. The minimum atomic E-state index is -1.61. The van der Waals surface area contributed by atoms with E-state index in [2.05, 4.69) is 98.9 Å². The Kier molecular flexibility index (Phi) is 35.7. The van der Waals surface area contributed by atoms with Crippen molar-refractivity contribution in [3.63, 3.8) is 0 Å². The SMILES string of the molecule is CC/C=C/C/C=C/C/C=C/CCCCCCCC(=O)OC[C@H](CO[C@@H]1O[C@H](CO)[C@H](O)C(O)C1O)OC(=O)CCCCC/C=C/C/C=C/C/C=C/C/C=C/CCCCC. The van der Waals surface area contributed by atoms with Gasteiger partial charge in [0.15, 0.2) is 12.4 Å². The van der Waals surface area contributed by atoms with Gasteiger partial charge in [0, 0.05) is 12.8 Å². The van der Waals surface area contributed by atoms with Crippen LogP contribution in [0.25, 0.3) is 0 Å². The van der Waals surface area contributed by atoms with E-state index in [-0.39, 0.29) is 26.1 Å². The number of esters is 2. The number of hydrogen-bond donors (Lipinski definition) is 4. The molecule has 1 rings (SSSR count). The topological polar surface area (TPSA) is 152 Å². The van der Waals surface area contributed by atoms with Crippen molar-refractivity contribution in [2.45, 2.75) is 192 Å². The highest BCUT2D eigenvalue weighted by atomic mass is 16.7. The van der Waals surface area contributed by atoms with Gasteiger partial charge in [-0.1, -0.05) is 137 Å². The van der Waals surface area contributed by atoms with E-state index in [0.29, 0.717) is 12.8 Å². The second-order valence-electron chi connectivity index (χ2n) is 15.1. The van der Waals surface area contributed by atoms with Gasteiger partial charge in [-0.05, 0) is 89.9 Å². The smallest absolute Gasteiger partial charge is 0.306 e. The van der Waals surface area contributed by atoms with Crippen LogP contribution in [-0.4, -0.2) is 89.0 Å². The maximum Gasteiger partial charge on any atom is 0.306 e. The molecule has 4 N–H and O–H groups in total. The molecule has 0 amide bonds. The molecule has 0 radical (unpaired) electrons. The quantitative estimate of drug-likeness (QED) is 0.0273. The van der Waals surface area contributed by atoms with Gasteiger partial charge in [0.05, 0.1) is 13.2 Å². The van der Waals surface area contributed by atoms with Crippen LogP contribution in [0.3, 0.4) is 0 Å². The highest BCUT2D eigenvalue weighted by Crippen LogP contribution is 2.22. The molecule has 336 valence electrons. The summed E-state index contributed by atoms with van der Waals surface area (Å²) in [5, 5.41) is 40.1. The first-order chi connectivity index (χ1) is 28.8. The lowest BCUT2D eigenvalue weighted by Gasteiger charge is -2.39. The van der Waals surface area contributed by atoms with Gasteiger partial charge in [-0.25, -0.2) is 0 Å². The summed E-state index contributed by atoms with van der Waals surface area (Å²) >= 11 is 0. The van der Waals surface area contributed by atoms with Gasteiger partial charge >= 0.3 is 11.9 Å². The van der Waals surface area contributed by atoms with Crippen molar-refractivity contribution in [2.75, 3.05) is 19.8 Å². The first-order valence-corrected chi connectivity index (χ1v) is 22.7. The van der Waals surface area contributed by atoms with Gasteiger partial charge < -0.3 is 39.4 Å². The summed E-state index contributed by atoms with van der Waals surface area (Å²) in [6.07, 6.45) is 43.0. The Morgan fingerprint density at radius 1 is 0.542 bits per heavy atom. The molecule has 0 aliphatic carbocycles. The zero-order chi connectivity index (χ0) is 43.0. The number of rotatable bonds is 36. The molecule has 59 heavy (non-hydrogen) atoms. The van der Waals surface area contributed by atoms with Crippen molar-refractivity contribution >= 4 is 11.9 Å². The minimum Gasteiger partial charge on any atom is -0.462 e. The fourth-order valence-corrected chi connectivity index (χ4v) is 6.18. The zero-order valence-electron chi connectivity index (χ0n) is 36.5. The van der Waals surface area contributed by atoms with Crippen LogP contribution < -0.4 is 0 Å². The van der Waals surface area contributed by atoms with Crippen molar-refractivity contribution in [2.24, 2.45) is 0 Å². The maximum atomic E-state index is 12.8. The summed E-state index contributed by atoms with van der Waals surface area (Å²) in [7, 11) is 0. The van der Waals surface area contributed by atoms with Gasteiger partial charge in [-0.15, -0.1) is 0 Å². The van der Waals surface area contributed by atoms with Crippen molar-refractivity contribution in [3.8, 4) is 0 Å². The first-order valence-electron chi connectivity index (χ1n) is 22.7. The lowest BCUT2D eigenvalue weighted by Crippen LogP contribution is -2.59. The summed E-state index contributed by atoms with van der Waals surface area (Å²) < 4.78 is 22.1. The molecule has 0 aromatic carbocycles. The van der Waals surface area contributed by atoms with E-state index in [0.717, 1.165) is 89.9 Å². The molecule has 0 saturated carbocycles. The second kappa shape index (κ2) is 39.0. The number of unbranched alkanes of at least 4 members (excludes halogenated alkanes) is 11. The van der Waals surface area contributed by atoms with Gasteiger partial charge in [0.2, 0.25) is 0 Å². The Labute approximate surface area is 356 Å².